The second kappa shape index (κ2) is 6.26. The van der Waals surface area contributed by atoms with E-state index in [1.165, 1.54) is 18.2 Å². The summed E-state index contributed by atoms with van der Waals surface area (Å²) in [6, 6.07) is 14.6. The van der Waals surface area contributed by atoms with Crippen molar-refractivity contribution in [2.24, 2.45) is 5.14 Å². The van der Waals surface area contributed by atoms with Gasteiger partial charge in [0.1, 0.15) is 10.3 Å². The molecule has 0 aliphatic carbocycles. The topological polar surface area (TPSA) is 89.3 Å². The number of halogens is 1. The zero-order valence-corrected chi connectivity index (χ0v) is 12.4. The predicted octanol–water partition coefficient (Wildman–Crippen LogP) is 2.25. The third-order valence-electron chi connectivity index (χ3n) is 2.77. The molecule has 0 aliphatic rings. The van der Waals surface area contributed by atoms with Crippen molar-refractivity contribution in [3.8, 4) is 0 Å². The molecule has 0 saturated heterocycles. The Morgan fingerprint density at radius 2 is 1.62 bits per heavy atom. The first-order chi connectivity index (χ1) is 9.89. The fourth-order valence-corrected chi connectivity index (χ4v) is 2.68. The molecule has 0 aromatic heterocycles. The Hall–Kier alpha value is -1.89. The molecule has 0 bridgehead atoms. The van der Waals surface area contributed by atoms with Gasteiger partial charge in [0, 0.05) is 0 Å². The predicted molar refractivity (Wildman–Crippen MR) is 81.5 cm³/mol. The summed E-state index contributed by atoms with van der Waals surface area (Å²) < 4.78 is 22.9. The van der Waals surface area contributed by atoms with E-state index in [1.807, 2.05) is 0 Å². The third-order valence-corrected chi connectivity index (χ3v) is 4.19. The summed E-state index contributed by atoms with van der Waals surface area (Å²) in [6.45, 7) is 0. The molecule has 1 atom stereocenters. The zero-order chi connectivity index (χ0) is 15.5. The zero-order valence-electron chi connectivity index (χ0n) is 10.9. The van der Waals surface area contributed by atoms with Crippen molar-refractivity contribution in [1.82, 2.24) is 0 Å². The molecular weight excluding hydrogens is 312 g/mol. The maximum absolute atomic E-state index is 12.1. The van der Waals surface area contributed by atoms with Gasteiger partial charge in [0.2, 0.25) is 15.9 Å². The summed E-state index contributed by atoms with van der Waals surface area (Å²) in [7, 11) is -3.93. The Balaban J connectivity index is 2.25. The Morgan fingerprint density at radius 1 is 1.05 bits per heavy atom. The lowest BCUT2D eigenvalue weighted by molar-refractivity contribution is -0.116. The molecule has 1 unspecified atom stereocenters. The minimum absolute atomic E-state index is 0.103. The smallest absolute Gasteiger partial charge is 0.247 e. The lowest BCUT2D eigenvalue weighted by Crippen LogP contribution is -2.21. The van der Waals surface area contributed by atoms with Crippen LogP contribution in [0.3, 0.4) is 0 Å². The number of alkyl halides is 1. The number of anilines is 1. The van der Waals surface area contributed by atoms with E-state index in [0.29, 0.717) is 5.56 Å². The Bertz CT molecular complexity index is 748. The fraction of sp³-hybridized carbons (Fsp3) is 0.0714. The van der Waals surface area contributed by atoms with Crippen LogP contribution in [0.15, 0.2) is 59.5 Å². The van der Waals surface area contributed by atoms with Crippen molar-refractivity contribution in [2.75, 3.05) is 5.32 Å². The highest BCUT2D eigenvalue weighted by Crippen LogP contribution is 2.25. The molecule has 0 spiro atoms. The van der Waals surface area contributed by atoms with Gasteiger partial charge in [0.25, 0.3) is 0 Å². The second-order valence-corrected chi connectivity index (χ2v) is 6.27. The molecule has 0 fully saturated rings. The summed E-state index contributed by atoms with van der Waals surface area (Å²) >= 11 is 6.08. The molecule has 0 radical (unpaired) electrons. The van der Waals surface area contributed by atoms with E-state index in [4.69, 9.17) is 16.7 Å². The maximum Gasteiger partial charge on any atom is 0.247 e. The highest BCUT2D eigenvalue weighted by molar-refractivity contribution is 7.89. The molecule has 7 heteroatoms. The van der Waals surface area contributed by atoms with Gasteiger partial charge in [-0.25, -0.2) is 13.6 Å². The molecule has 3 N–H and O–H groups in total. The number of sulfonamides is 1. The Labute approximate surface area is 127 Å². The Kier molecular flexibility index (Phi) is 4.62. The van der Waals surface area contributed by atoms with Gasteiger partial charge in [-0.05, 0) is 17.7 Å². The fourth-order valence-electron chi connectivity index (χ4n) is 1.79. The van der Waals surface area contributed by atoms with Crippen LogP contribution in [0.4, 0.5) is 5.69 Å². The van der Waals surface area contributed by atoms with Gasteiger partial charge in [-0.1, -0.05) is 42.5 Å². The van der Waals surface area contributed by atoms with E-state index in [0.717, 1.165) is 0 Å². The third kappa shape index (κ3) is 3.81. The molecule has 2 aromatic carbocycles. The van der Waals surface area contributed by atoms with Crippen LogP contribution in [-0.2, 0) is 14.8 Å². The summed E-state index contributed by atoms with van der Waals surface area (Å²) in [6.07, 6.45) is 0. The molecule has 2 aromatic rings. The lowest BCUT2D eigenvalue weighted by Gasteiger charge is -2.13. The van der Waals surface area contributed by atoms with Gasteiger partial charge in [-0.15, -0.1) is 11.6 Å². The van der Waals surface area contributed by atoms with Crippen molar-refractivity contribution in [3.05, 3.63) is 60.2 Å². The number of carbonyl (C=O) groups is 1. The number of carbonyl (C=O) groups excluding carboxylic acids is 1. The van der Waals surface area contributed by atoms with E-state index >= 15 is 0 Å². The number of para-hydroxylation sites is 1. The van der Waals surface area contributed by atoms with Crippen LogP contribution in [0.5, 0.6) is 0 Å². The van der Waals surface area contributed by atoms with E-state index in [1.54, 1.807) is 36.4 Å². The SMILES string of the molecule is NS(=O)(=O)c1ccccc1NC(=O)C(Cl)c1ccccc1. The van der Waals surface area contributed by atoms with Crippen LogP contribution < -0.4 is 10.5 Å². The summed E-state index contributed by atoms with van der Waals surface area (Å²) in [5.41, 5.74) is 0.719. The molecule has 0 heterocycles. The molecule has 5 nitrogen and oxygen atoms in total. The lowest BCUT2D eigenvalue weighted by atomic mass is 10.1. The largest absolute Gasteiger partial charge is 0.323 e. The van der Waals surface area contributed by atoms with Gasteiger partial charge in [-0.3, -0.25) is 4.79 Å². The quantitative estimate of drug-likeness (QED) is 0.845. The molecule has 1 amide bonds. The van der Waals surface area contributed by atoms with E-state index in [9.17, 15) is 13.2 Å². The standard InChI is InChI=1S/C14H13ClN2O3S/c15-13(10-6-2-1-3-7-10)14(18)17-11-8-4-5-9-12(11)21(16,19)20/h1-9,13H,(H,17,18)(H2,16,19,20). The van der Waals surface area contributed by atoms with Crippen molar-refractivity contribution in [1.29, 1.82) is 0 Å². The summed E-state index contributed by atoms with van der Waals surface area (Å²) in [5.74, 6) is -0.529. The average Bonchev–Trinajstić information content (AvgIpc) is 2.47. The monoisotopic (exact) mass is 324 g/mol. The van der Waals surface area contributed by atoms with Gasteiger partial charge in [-0.2, -0.15) is 0 Å². The van der Waals surface area contributed by atoms with Gasteiger partial charge in [0.05, 0.1) is 5.69 Å². The van der Waals surface area contributed by atoms with Crippen molar-refractivity contribution >= 4 is 33.2 Å². The molecule has 21 heavy (non-hydrogen) atoms. The Morgan fingerprint density at radius 3 is 2.24 bits per heavy atom. The van der Waals surface area contributed by atoms with Crippen LogP contribution in [0.1, 0.15) is 10.9 Å². The first-order valence-corrected chi connectivity index (χ1v) is 7.99. The highest BCUT2D eigenvalue weighted by atomic mass is 35.5. The number of benzene rings is 2. The molecule has 110 valence electrons. The maximum atomic E-state index is 12.1. The average molecular weight is 325 g/mol. The number of hydrogen-bond acceptors (Lipinski definition) is 3. The van der Waals surface area contributed by atoms with Crippen LogP contribution in [0.2, 0.25) is 0 Å². The van der Waals surface area contributed by atoms with Crippen LogP contribution in [-0.4, -0.2) is 14.3 Å². The van der Waals surface area contributed by atoms with Crippen molar-refractivity contribution in [3.63, 3.8) is 0 Å². The van der Waals surface area contributed by atoms with Crippen molar-refractivity contribution < 1.29 is 13.2 Å². The molecular formula is C14H13ClN2O3S. The first-order valence-electron chi connectivity index (χ1n) is 6.01. The number of primary sulfonamides is 1. The molecule has 2 rings (SSSR count). The number of nitrogens with two attached hydrogens (primary N) is 1. The molecule has 0 aliphatic heterocycles. The van der Waals surface area contributed by atoms with E-state index in [-0.39, 0.29) is 10.6 Å². The number of nitrogens with one attached hydrogen (secondary N) is 1. The van der Waals surface area contributed by atoms with Gasteiger partial charge in [0.15, 0.2) is 0 Å². The minimum atomic E-state index is -3.93. The minimum Gasteiger partial charge on any atom is -0.323 e. The van der Waals surface area contributed by atoms with Crippen LogP contribution in [0.25, 0.3) is 0 Å². The number of hydrogen-bond donors (Lipinski definition) is 2. The van der Waals surface area contributed by atoms with Crippen molar-refractivity contribution in [2.45, 2.75) is 10.3 Å². The van der Waals surface area contributed by atoms with Gasteiger partial charge >= 0.3 is 0 Å². The summed E-state index contributed by atoms with van der Waals surface area (Å²) in [5, 5.41) is 6.66. The molecule has 0 saturated carbocycles. The van der Waals surface area contributed by atoms with Gasteiger partial charge < -0.3 is 5.32 Å². The van der Waals surface area contributed by atoms with E-state index in [2.05, 4.69) is 5.32 Å². The normalized spacial score (nSPS) is 12.7. The first kappa shape index (κ1) is 15.5. The summed E-state index contributed by atoms with van der Waals surface area (Å²) in [4.78, 5) is 12.0. The van der Waals surface area contributed by atoms with Crippen LogP contribution in [0, 0.1) is 0 Å². The van der Waals surface area contributed by atoms with E-state index < -0.39 is 21.3 Å². The number of rotatable bonds is 4. The van der Waals surface area contributed by atoms with Crippen LogP contribution >= 0.6 is 11.6 Å². The number of amides is 1. The second-order valence-electron chi connectivity index (χ2n) is 4.30. The highest BCUT2D eigenvalue weighted by Gasteiger charge is 2.20.